The van der Waals surface area contributed by atoms with Gasteiger partial charge >= 0.3 is 0 Å². The van der Waals surface area contributed by atoms with Crippen molar-refractivity contribution in [2.75, 3.05) is 37.2 Å². The second-order valence-electron chi connectivity index (χ2n) is 7.80. The first-order valence-corrected chi connectivity index (χ1v) is 11.7. The molecule has 1 aromatic heterocycles. The van der Waals surface area contributed by atoms with Gasteiger partial charge in [0.1, 0.15) is 17.7 Å². The van der Waals surface area contributed by atoms with Crippen LogP contribution in [0, 0.1) is 20.8 Å². The molecule has 1 saturated heterocycles. The Labute approximate surface area is 179 Å². The topological polar surface area (TPSA) is 50.3 Å². The van der Waals surface area contributed by atoms with Gasteiger partial charge in [-0.25, -0.2) is 9.97 Å². The van der Waals surface area contributed by atoms with E-state index < -0.39 is 0 Å². The van der Waals surface area contributed by atoms with Crippen LogP contribution in [0.5, 0.6) is 5.75 Å². The molecule has 1 aromatic carbocycles. The Bertz CT molecular complexity index is 790. The van der Waals surface area contributed by atoms with Crippen LogP contribution in [0.1, 0.15) is 43.0 Å². The maximum absolute atomic E-state index is 6.21. The summed E-state index contributed by atoms with van der Waals surface area (Å²) in [5.41, 5.74) is 3.63. The first-order chi connectivity index (χ1) is 14.0. The lowest BCUT2D eigenvalue weighted by Crippen LogP contribution is -2.39. The highest BCUT2D eigenvalue weighted by Gasteiger charge is 2.20. The van der Waals surface area contributed by atoms with Gasteiger partial charge in [0.15, 0.2) is 5.16 Å². The molecule has 0 atom stereocenters. The second kappa shape index (κ2) is 10.8. The zero-order chi connectivity index (χ0) is 20.6. The first kappa shape index (κ1) is 21.9. The van der Waals surface area contributed by atoms with Gasteiger partial charge < -0.3 is 15.0 Å². The molecule has 0 radical (unpaired) electrons. The second-order valence-corrected chi connectivity index (χ2v) is 9.03. The Balaban J connectivity index is 1.35. The van der Waals surface area contributed by atoms with Gasteiger partial charge in [0.05, 0.1) is 0 Å². The maximum Gasteiger partial charge on any atom is 0.189 e. The van der Waals surface area contributed by atoms with Crippen molar-refractivity contribution in [1.29, 1.82) is 0 Å². The van der Waals surface area contributed by atoms with Crippen molar-refractivity contribution in [3.63, 3.8) is 0 Å². The number of aromatic nitrogens is 2. The van der Waals surface area contributed by atoms with Crippen molar-refractivity contribution >= 4 is 17.6 Å². The number of benzene rings is 1. The first-order valence-electron chi connectivity index (χ1n) is 10.7. The molecule has 1 aliphatic heterocycles. The summed E-state index contributed by atoms with van der Waals surface area (Å²) in [4.78, 5) is 11.6. The number of nitrogens with one attached hydrogen (secondary N) is 1. The molecule has 0 amide bonds. The van der Waals surface area contributed by atoms with Gasteiger partial charge in [-0.1, -0.05) is 24.8 Å². The van der Waals surface area contributed by atoms with Gasteiger partial charge in [-0.15, -0.1) is 0 Å². The molecule has 2 heterocycles. The van der Waals surface area contributed by atoms with Crippen LogP contribution < -0.4 is 10.1 Å². The lowest BCUT2D eigenvalue weighted by Gasteiger charge is -2.32. The van der Waals surface area contributed by atoms with E-state index in [0.29, 0.717) is 6.10 Å². The molecule has 1 N–H and O–H groups in total. The van der Waals surface area contributed by atoms with E-state index in [9.17, 15) is 0 Å². The number of nitrogens with zero attached hydrogens (tertiary/aromatic N) is 3. The lowest BCUT2D eigenvalue weighted by molar-refractivity contribution is 0.100. The molecule has 5 nitrogen and oxygen atoms in total. The van der Waals surface area contributed by atoms with Crippen molar-refractivity contribution in [1.82, 2.24) is 14.9 Å². The number of hydrogen-bond acceptors (Lipinski definition) is 6. The van der Waals surface area contributed by atoms with Crippen molar-refractivity contribution in [2.24, 2.45) is 0 Å². The third-order valence-corrected chi connectivity index (χ3v) is 6.11. The van der Waals surface area contributed by atoms with Crippen LogP contribution in [-0.2, 0) is 0 Å². The van der Waals surface area contributed by atoms with Crippen LogP contribution in [0.25, 0.3) is 0 Å². The Hall–Kier alpha value is -1.79. The zero-order valence-corrected chi connectivity index (χ0v) is 19.0. The third-order valence-electron chi connectivity index (χ3n) is 5.38. The largest absolute Gasteiger partial charge is 0.490 e. The molecule has 0 unspecified atom stereocenters. The molecule has 1 fully saturated rings. The monoisotopic (exact) mass is 414 g/mol. The molecule has 3 rings (SSSR count). The third kappa shape index (κ3) is 6.89. The number of rotatable bonds is 9. The van der Waals surface area contributed by atoms with Crippen molar-refractivity contribution in [2.45, 2.75) is 58.2 Å². The number of thioether (sulfide) groups is 1. The molecule has 0 saturated carbocycles. The van der Waals surface area contributed by atoms with E-state index in [1.165, 1.54) is 11.1 Å². The van der Waals surface area contributed by atoms with Gasteiger partial charge in [-0.3, -0.25) is 0 Å². The van der Waals surface area contributed by atoms with E-state index in [-0.39, 0.29) is 0 Å². The number of anilines is 1. The minimum atomic E-state index is 0.338. The summed E-state index contributed by atoms with van der Waals surface area (Å²) in [5, 5.41) is 4.32. The number of ether oxygens (including phenoxy) is 1. The average Bonchev–Trinajstić information content (AvgIpc) is 2.69. The molecule has 29 heavy (non-hydrogen) atoms. The Morgan fingerprint density at radius 1 is 1.10 bits per heavy atom. The van der Waals surface area contributed by atoms with Crippen LogP contribution in [-0.4, -0.2) is 52.9 Å². The minimum Gasteiger partial charge on any atom is -0.490 e. The molecule has 158 valence electrons. The van der Waals surface area contributed by atoms with E-state index in [4.69, 9.17) is 4.74 Å². The van der Waals surface area contributed by atoms with Crippen LogP contribution in [0.4, 0.5) is 5.82 Å². The van der Waals surface area contributed by atoms with Crippen LogP contribution in [0.2, 0.25) is 0 Å². The van der Waals surface area contributed by atoms with Crippen LogP contribution in [0.15, 0.2) is 29.4 Å². The summed E-state index contributed by atoms with van der Waals surface area (Å²) in [6.07, 6.45) is 3.65. The number of likely N-dealkylation sites (tertiary alicyclic amines) is 1. The van der Waals surface area contributed by atoms with Gasteiger partial charge in [0.2, 0.25) is 0 Å². The molecule has 6 heteroatoms. The fourth-order valence-electron chi connectivity index (χ4n) is 3.58. The van der Waals surface area contributed by atoms with Gasteiger partial charge in [-0.2, -0.15) is 0 Å². The van der Waals surface area contributed by atoms with E-state index in [1.807, 2.05) is 13.0 Å². The standard InChI is InChI=1S/C23H34N4OS/c1-5-29-23-25-19(4)16-22(26-23)24-11-6-12-27-13-9-20(10-14-27)28-21-8-7-17(2)18(3)15-21/h7-8,15-16,20H,5-6,9-14H2,1-4H3,(H,24,25,26). The molecule has 0 aliphatic carbocycles. The molecule has 0 bridgehead atoms. The van der Waals surface area contributed by atoms with Crippen LogP contribution in [0.3, 0.4) is 0 Å². The van der Waals surface area contributed by atoms with Crippen molar-refractivity contribution in [3.8, 4) is 5.75 Å². The predicted molar refractivity (Wildman–Crippen MR) is 122 cm³/mol. The molecular formula is C23H34N4OS. The Morgan fingerprint density at radius 2 is 1.90 bits per heavy atom. The number of aryl methyl sites for hydroxylation is 3. The number of piperidine rings is 1. The van der Waals surface area contributed by atoms with E-state index >= 15 is 0 Å². The SMILES string of the molecule is CCSc1nc(C)cc(NCCCN2CCC(Oc3ccc(C)c(C)c3)CC2)n1. The summed E-state index contributed by atoms with van der Waals surface area (Å²) in [7, 11) is 0. The van der Waals surface area contributed by atoms with E-state index in [0.717, 1.165) is 73.6 Å². The minimum absolute atomic E-state index is 0.338. The van der Waals surface area contributed by atoms with E-state index in [2.05, 4.69) is 59.2 Å². The summed E-state index contributed by atoms with van der Waals surface area (Å²) in [5.74, 6) is 2.94. The summed E-state index contributed by atoms with van der Waals surface area (Å²) < 4.78 is 6.21. The number of hydrogen-bond donors (Lipinski definition) is 1. The van der Waals surface area contributed by atoms with Crippen molar-refractivity contribution in [3.05, 3.63) is 41.1 Å². The smallest absolute Gasteiger partial charge is 0.189 e. The highest BCUT2D eigenvalue weighted by atomic mass is 32.2. The highest BCUT2D eigenvalue weighted by molar-refractivity contribution is 7.99. The summed E-state index contributed by atoms with van der Waals surface area (Å²) >= 11 is 1.69. The van der Waals surface area contributed by atoms with E-state index in [1.54, 1.807) is 11.8 Å². The van der Waals surface area contributed by atoms with Crippen molar-refractivity contribution < 1.29 is 4.74 Å². The normalized spacial score (nSPS) is 15.4. The molecular weight excluding hydrogens is 380 g/mol. The Morgan fingerprint density at radius 3 is 2.62 bits per heavy atom. The summed E-state index contributed by atoms with van der Waals surface area (Å²) in [6, 6.07) is 8.43. The summed E-state index contributed by atoms with van der Waals surface area (Å²) in [6.45, 7) is 12.7. The molecule has 0 spiro atoms. The van der Waals surface area contributed by atoms with Gasteiger partial charge in [-0.05, 0) is 75.6 Å². The predicted octanol–water partition coefficient (Wildman–Crippen LogP) is 4.86. The molecule has 2 aromatic rings. The maximum atomic E-state index is 6.21. The Kier molecular flexibility index (Phi) is 8.19. The fraction of sp³-hybridized carbons (Fsp3) is 0.565. The lowest BCUT2D eigenvalue weighted by atomic mass is 10.1. The average molecular weight is 415 g/mol. The quantitative estimate of drug-likeness (QED) is 0.359. The zero-order valence-electron chi connectivity index (χ0n) is 18.2. The van der Waals surface area contributed by atoms with Gasteiger partial charge in [0, 0.05) is 31.4 Å². The van der Waals surface area contributed by atoms with Crippen LogP contribution >= 0.6 is 11.8 Å². The van der Waals surface area contributed by atoms with Gasteiger partial charge in [0.25, 0.3) is 0 Å². The molecule has 1 aliphatic rings. The fourth-order valence-corrected chi connectivity index (χ4v) is 4.20. The highest BCUT2D eigenvalue weighted by Crippen LogP contribution is 2.22.